The Balaban J connectivity index is 1.65. The Morgan fingerprint density at radius 3 is 2.58 bits per heavy atom. The summed E-state index contributed by atoms with van der Waals surface area (Å²) in [7, 11) is -3.68. The second-order valence-electron chi connectivity index (χ2n) is 6.99. The minimum atomic E-state index is -3.68. The topological polar surface area (TPSA) is 127 Å². The van der Waals surface area contributed by atoms with Gasteiger partial charge in [0, 0.05) is 22.9 Å². The summed E-state index contributed by atoms with van der Waals surface area (Å²) in [6.07, 6.45) is 2.07. The second-order valence-corrected chi connectivity index (χ2v) is 10.3. The van der Waals surface area contributed by atoms with Crippen LogP contribution in [0.1, 0.15) is 46.4 Å². The van der Waals surface area contributed by atoms with Gasteiger partial charge in [-0.15, -0.1) is 22.7 Å². The largest absolute Gasteiger partial charge is 0.301 e. The monoisotopic (exact) mass is 479 g/mol. The number of benzene rings is 1. The van der Waals surface area contributed by atoms with E-state index < -0.39 is 10.2 Å². The third-order valence-electron chi connectivity index (χ3n) is 4.54. The summed E-state index contributed by atoms with van der Waals surface area (Å²) in [5.74, 6) is 0.00655. The molecule has 0 bridgehead atoms. The molecule has 2 heterocycles. The number of rotatable bonds is 12. The standard InChI is InChI=1S/C20H25N5O3S3/c1-14-24-18(13-29-14)20-25-17(12-30-20)16(9-5-6-10-23-31(21,27)28)22-11-19(26)15-7-3-2-4-8-15/h2-4,7-8,12-13,16,22-23H,5-6,9-11H2,1H3,(H2,21,27,28). The number of hydrogen-bond donors (Lipinski definition) is 3. The highest BCUT2D eigenvalue weighted by Crippen LogP contribution is 2.29. The van der Waals surface area contributed by atoms with E-state index in [1.54, 1.807) is 23.5 Å². The Morgan fingerprint density at radius 1 is 1.13 bits per heavy atom. The molecule has 31 heavy (non-hydrogen) atoms. The molecule has 1 aromatic carbocycles. The maximum atomic E-state index is 12.5. The zero-order chi connectivity index (χ0) is 22.3. The van der Waals surface area contributed by atoms with Crippen LogP contribution in [0.25, 0.3) is 10.7 Å². The Morgan fingerprint density at radius 2 is 1.90 bits per heavy atom. The maximum absolute atomic E-state index is 12.5. The third kappa shape index (κ3) is 7.56. The molecule has 0 spiro atoms. The summed E-state index contributed by atoms with van der Waals surface area (Å²) in [6.45, 7) is 2.42. The molecule has 4 N–H and O–H groups in total. The summed E-state index contributed by atoms with van der Waals surface area (Å²) >= 11 is 3.10. The van der Waals surface area contributed by atoms with Gasteiger partial charge in [0.1, 0.15) is 10.7 Å². The first-order chi connectivity index (χ1) is 14.8. The van der Waals surface area contributed by atoms with Crippen molar-refractivity contribution >= 4 is 38.7 Å². The SMILES string of the molecule is Cc1nc(-c2nc(C(CCCCNS(N)(=O)=O)NCC(=O)c3ccccc3)cs2)cs1. The average molecular weight is 480 g/mol. The molecular weight excluding hydrogens is 454 g/mol. The van der Waals surface area contributed by atoms with E-state index in [4.69, 9.17) is 10.1 Å². The number of nitrogens with zero attached hydrogens (tertiary/aromatic N) is 2. The van der Waals surface area contributed by atoms with Gasteiger partial charge in [-0.25, -0.2) is 19.8 Å². The molecule has 0 amide bonds. The number of aromatic nitrogens is 2. The van der Waals surface area contributed by atoms with E-state index in [1.807, 2.05) is 35.9 Å². The maximum Gasteiger partial charge on any atom is 0.274 e. The Hall–Kier alpha value is -2.02. The molecule has 1 atom stereocenters. The van der Waals surface area contributed by atoms with E-state index in [-0.39, 0.29) is 24.9 Å². The molecule has 3 rings (SSSR count). The van der Waals surface area contributed by atoms with Crippen LogP contribution in [0.4, 0.5) is 0 Å². The predicted molar refractivity (Wildman–Crippen MR) is 124 cm³/mol. The molecule has 0 radical (unpaired) electrons. The van der Waals surface area contributed by atoms with Gasteiger partial charge < -0.3 is 5.32 Å². The fourth-order valence-corrected chi connectivity index (χ4v) is 4.94. The number of nitrogens with two attached hydrogens (primary N) is 1. The highest BCUT2D eigenvalue weighted by atomic mass is 32.2. The van der Waals surface area contributed by atoms with Crippen molar-refractivity contribution in [2.24, 2.45) is 5.14 Å². The lowest BCUT2D eigenvalue weighted by molar-refractivity contribution is 0.0986. The van der Waals surface area contributed by atoms with Crippen molar-refractivity contribution in [3.05, 3.63) is 57.4 Å². The van der Waals surface area contributed by atoms with E-state index in [0.717, 1.165) is 27.8 Å². The molecule has 0 fully saturated rings. The van der Waals surface area contributed by atoms with Crippen LogP contribution >= 0.6 is 22.7 Å². The van der Waals surface area contributed by atoms with Crippen LogP contribution in [0.15, 0.2) is 41.1 Å². The molecule has 166 valence electrons. The zero-order valence-electron chi connectivity index (χ0n) is 17.1. The molecule has 0 saturated carbocycles. The third-order valence-corrected chi connectivity index (χ3v) is 6.81. The normalized spacial score (nSPS) is 12.7. The van der Waals surface area contributed by atoms with E-state index >= 15 is 0 Å². The van der Waals surface area contributed by atoms with Crippen molar-refractivity contribution in [2.45, 2.75) is 32.2 Å². The summed E-state index contributed by atoms with van der Waals surface area (Å²) in [5, 5.41) is 14.1. The Kier molecular flexibility index (Phi) is 8.41. The number of aryl methyl sites for hydroxylation is 1. The number of Topliss-reactive ketones (excluding diaryl/α,β-unsaturated/α-hetero) is 1. The van der Waals surface area contributed by atoms with Crippen molar-refractivity contribution < 1.29 is 13.2 Å². The lowest BCUT2D eigenvalue weighted by Crippen LogP contribution is -2.31. The number of carbonyl (C=O) groups is 1. The second kappa shape index (κ2) is 11.0. The number of thiazole rings is 2. The van der Waals surface area contributed by atoms with E-state index in [1.165, 1.54) is 11.3 Å². The Labute approximate surface area is 190 Å². The fourth-order valence-electron chi connectivity index (χ4n) is 3.01. The van der Waals surface area contributed by atoms with Crippen LogP contribution in [-0.2, 0) is 10.2 Å². The van der Waals surface area contributed by atoms with Gasteiger partial charge in [0.2, 0.25) is 0 Å². The minimum Gasteiger partial charge on any atom is -0.301 e. The van der Waals surface area contributed by atoms with Gasteiger partial charge in [0.05, 0.1) is 23.3 Å². The molecule has 3 aromatic rings. The van der Waals surface area contributed by atoms with Gasteiger partial charge in [0.25, 0.3) is 10.2 Å². The quantitative estimate of drug-likeness (QED) is 0.271. The first-order valence-electron chi connectivity index (χ1n) is 9.79. The molecule has 1 unspecified atom stereocenters. The van der Waals surface area contributed by atoms with Gasteiger partial charge in [-0.1, -0.05) is 36.8 Å². The Bertz CT molecular complexity index is 1100. The van der Waals surface area contributed by atoms with Crippen molar-refractivity contribution in [1.82, 2.24) is 20.0 Å². The summed E-state index contributed by atoms with van der Waals surface area (Å²) in [5.41, 5.74) is 2.36. The lowest BCUT2D eigenvalue weighted by atomic mass is 10.1. The van der Waals surface area contributed by atoms with Crippen LogP contribution in [0, 0.1) is 6.92 Å². The van der Waals surface area contributed by atoms with Gasteiger partial charge in [-0.05, 0) is 19.8 Å². The zero-order valence-corrected chi connectivity index (χ0v) is 19.5. The minimum absolute atomic E-state index is 0.00655. The molecular formula is C20H25N5O3S3. The van der Waals surface area contributed by atoms with Gasteiger partial charge in [0.15, 0.2) is 5.78 Å². The van der Waals surface area contributed by atoms with E-state index in [0.29, 0.717) is 18.4 Å². The molecule has 0 saturated heterocycles. The average Bonchev–Trinajstić information content (AvgIpc) is 3.39. The van der Waals surface area contributed by atoms with E-state index in [9.17, 15) is 13.2 Å². The predicted octanol–water partition coefficient (Wildman–Crippen LogP) is 3.05. The molecule has 8 nitrogen and oxygen atoms in total. The van der Waals surface area contributed by atoms with Crippen molar-refractivity contribution in [1.29, 1.82) is 0 Å². The number of carbonyl (C=O) groups excluding carboxylic acids is 1. The first kappa shape index (κ1) is 23.6. The van der Waals surface area contributed by atoms with Crippen molar-refractivity contribution in [3.63, 3.8) is 0 Å². The van der Waals surface area contributed by atoms with Crippen molar-refractivity contribution in [2.75, 3.05) is 13.1 Å². The number of hydrogen-bond acceptors (Lipinski definition) is 8. The van der Waals surface area contributed by atoms with Gasteiger partial charge in [-0.2, -0.15) is 8.42 Å². The summed E-state index contributed by atoms with van der Waals surface area (Å²) in [6, 6.07) is 9.01. The number of nitrogens with one attached hydrogen (secondary N) is 2. The van der Waals surface area contributed by atoms with Crippen LogP contribution in [0.2, 0.25) is 0 Å². The molecule has 0 aliphatic rings. The molecule has 11 heteroatoms. The van der Waals surface area contributed by atoms with E-state index in [2.05, 4.69) is 15.0 Å². The number of unbranched alkanes of at least 4 members (excludes halogenated alkanes) is 1. The van der Waals surface area contributed by atoms with Crippen LogP contribution in [-0.4, -0.2) is 37.3 Å². The van der Waals surface area contributed by atoms with Crippen LogP contribution in [0.3, 0.4) is 0 Å². The van der Waals surface area contributed by atoms with Gasteiger partial charge >= 0.3 is 0 Å². The smallest absolute Gasteiger partial charge is 0.274 e. The van der Waals surface area contributed by atoms with Crippen molar-refractivity contribution in [3.8, 4) is 10.7 Å². The van der Waals surface area contributed by atoms with Crippen LogP contribution in [0.5, 0.6) is 0 Å². The first-order valence-corrected chi connectivity index (χ1v) is 13.1. The summed E-state index contributed by atoms with van der Waals surface area (Å²) < 4.78 is 24.3. The highest BCUT2D eigenvalue weighted by molar-refractivity contribution is 7.87. The molecule has 0 aliphatic carbocycles. The highest BCUT2D eigenvalue weighted by Gasteiger charge is 2.18. The number of ketones is 1. The lowest BCUT2D eigenvalue weighted by Gasteiger charge is -2.16. The summed E-state index contributed by atoms with van der Waals surface area (Å²) in [4.78, 5) is 21.7. The van der Waals surface area contributed by atoms with Crippen LogP contribution < -0.4 is 15.2 Å². The molecule has 0 aliphatic heterocycles. The molecule has 2 aromatic heterocycles. The fraction of sp³-hybridized carbons (Fsp3) is 0.350. The van der Waals surface area contributed by atoms with Gasteiger partial charge in [-0.3, -0.25) is 4.79 Å².